The summed E-state index contributed by atoms with van der Waals surface area (Å²) in [6, 6.07) is 40.2. The number of hydrogen-bond acceptors (Lipinski definition) is 1. The van der Waals surface area contributed by atoms with Gasteiger partial charge in [0.1, 0.15) is 0 Å². The van der Waals surface area contributed by atoms with Gasteiger partial charge in [0.25, 0.3) is 0 Å². The van der Waals surface area contributed by atoms with Crippen LogP contribution >= 0.6 is 0 Å². The van der Waals surface area contributed by atoms with Crippen LogP contribution in [-0.4, -0.2) is 4.98 Å². The maximum absolute atomic E-state index is 4.80. The molecule has 260 valence electrons. The van der Waals surface area contributed by atoms with Crippen LogP contribution in [0, 0.1) is 36.0 Å². The van der Waals surface area contributed by atoms with E-state index in [0.29, 0.717) is 0 Å². The topological polar surface area (TPSA) is 12.9 Å². The summed E-state index contributed by atoms with van der Waals surface area (Å²) >= 11 is 0. The molecule has 1 aromatic heterocycles. The van der Waals surface area contributed by atoms with Gasteiger partial charge < -0.3 is 4.98 Å². The van der Waals surface area contributed by atoms with Crippen molar-refractivity contribution < 1.29 is 20.1 Å². The number of fused-ring (bicyclic) bond motifs is 2. The predicted octanol–water partition coefficient (Wildman–Crippen LogP) is 12.7. The predicted molar refractivity (Wildman–Crippen MR) is 208 cm³/mol. The Morgan fingerprint density at radius 3 is 1.48 bits per heavy atom. The van der Waals surface area contributed by atoms with Gasteiger partial charge in [-0.1, -0.05) is 119 Å². The number of hydrogen-bond donors (Lipinski definition) is 0. The van der Waals surface area contributed by atoms with Gasteiger partial charge in [0.15, 0.2) is 0 Å². The fraction of sp³-hybridized carbons (Fsp3) is 0.396. The van der Waals surface area contributed by atoms with Crippen LogP contribution in [0.1, 0.15) is 111 Å². The third-order valence-corrected chi connectivity index (χ3v) is 14.3. The molecular formula is C48H54IrN. The van der Waals surface area contributed by atoms with Gasteiger partial charge in [-0.3, -0.25) is 0 Å². The Hall–Kier alpha value is -3.32. The molecule has 0 bridgehead atoms. The molecule has 0 saturated heterocycles. The Labute approximate surface area is 316 Å². The van der Waals surface area contributed by atoms with Crippen molar-refractivity contribution in [3.8, 4) is 33.5 Å². The quantitative estimate of drug-likeness (QED) is 0.165. The Bertz CT molecular complexity index is 2010. The Kier molecular flexibility index (Phi) is 9.65. The second-order valence-electron chi connectivity index (χ2n) is 17.6. The van der Waals surface area contributed by atoms with E-state index >= 15 is 0 Å². The number of nitrogens with zero attached hydrogens (tertiary/aromatic N) is 1. The van der Waals surface area contributed by atoms with Gasteiger partial charge in [-0.15, -0.1) is 52.1 Å². The standard InChI is InChI=1S/C27H30N.C21H24.Ir/c1-18-15-24(28-17-21(18)19-11-9-8-10-12-19)20-13-14-22-23(16-20)26(4,5)27(6,7)25(22,2)3;1-19(2)17-13-12-16(15-10-8-7-9-11-15)14-18(17)20(3,4)21(19,5)6;/h8-12,14-17H,1-7H3;7-10,13-14H,1-6H3;/q-1;-2;+3. The van der Waals surface area contributed by atoms with E-state index < -0.39 is 0 Å². The van der Waals surface area contributed by atoms with Crippen molar-refractivity contribution in [3.05, 3.63) is 137 Å². The smallest absolute Gasteiger partial charge is 0.304 e. The van der Waals surface area contributed by atoms with E-state index in [1.807, 2.05) is 24.4 Å². The van der Waals surface area contributed by atoms with Crippen LogP contribution in [0.3, 0.4) is 0 Å². The first-order chi connectivity index (χ1) is 22.8. The molecule has 2 aliphatic carbocycles. The second kappa shape index (κ2) is 12.7. The molecule has 0 saturated carbocycles. The summed E-state index contributed by atoms with van der Waals surface area (Å²) in [6.45, 7) is 30.7. The molecule has 2 heteroatoms. The molecule has 0 atom stereocenters. The van der Waals surface area contributed by atoms with Gasteiger partial charge in [0.05, 0.1) is 0 Å². The summed E-state index contributed by atoms with van der Waals surface area (Å²) < 4.78 is 0. The molecule has 5 aromatic rings. The maximum Gasteiger partial charge on any atom is 3.00 e. The third kappa shape index (κ3) is 5.57. The van der Waals surface area contributed by atoms with Crippen LogP contribution in [0.25, 0.3) is 33.5 Å². The summed E-state index contributed by atoms with van der Waals surface area (Å²) in [5, 5.41) is 0. The van der Waals surface area contributed by atoms with E-state index in [1.54, 1.807) is 0 Å². The first-order valence-corrected chi connectivity index (χ1v) is 17.9. The van der Waals surface area contributed by atoms with Gasteiger partial charge in [0, 0.05) is 11.8 Å². The molecule has 1 nitrogen and oxygen atoms in total. The molecule has 2 aliphatic rings. The molecule has 0 aliphatic heterocycles. The van der Waals surface area contributed by atoms with Crippen LogP contribution in [0.2, 0.25) is 0 Å². The van der Waals surface area contributed by atoms with Crippen LogP contribution in [0.5, 0.6) is 0 Å². The molecule has 4 aromatic carbocycles. The van der Waals surface area contributed by atoms with Crippen molar-refractivity contribution in [1.29, 1.82) is 0 Å². The first-order valence-electron chi connectivity index (χ1n) is 17.9. The number of rotatable bonds is 3. The first kappa shape index (κ1) is 37.9. The molecule has 0 fully saturated rings. The zero-order chi connectivity index (χ0) is 35.8. The van der Waals surface area contributed by atoms with Gasteiger partial charge >= 0.3 is 20.1 Å². The van der Waals surface area contributed by atoms with Crippen molar-refractivity contribution >= 4 is 0 Å². The second-order valence-corrected chi connectivity index (χ2v) is 17.6. The maximum atomic E-state index is 4.80. The van der Waals surface area contributed by atoms with E-state index in [-0.39, 0.29) is 52.6 Å². The van der Waals surface area contributed by atoms with Crippen molar-refractivity contribution in [3.63, 3.8) is 0 Å². The van der Waals surface area contributed by atoms with Crippen molar-refractivity contribution in [2.24, 2.45) is 10.8 Å². The summed E-state index contributed by atoms with van der Waals surface area (Å²) in [4.78, 5) is 4.80. The monoisotopic (exact) mass is 837 g/mol. The minimum Gasteiger partial charge on any atom is -0.304 e. The van der Waals surface area contributed by atoms with Crippen molar-refractivity contribution in [1.82, 2.24) is 4.98 Å². The average molecular weight is 837 g/mol. The van der Waals surface area contributed by atoms with Crippen LogP contribution in [-0.2, 0) is 41.8 Å². The van der Waals surface area contributed by atoms with Crippen LogP contribution in [0.15, 0.2) is 91.1 Å². The Morgan fingerprint density at radius 1 is 0.500 bits per heavy atom. The van der Waals surface area contributed by atoms with Crippen LogP contribution in [0.4, 0.5) is 0 Å². The summed E-state index contributed by atoms with van der Waals surface area (Å²) in [7, 11) is 0. The molecular weight excluding hydrogens is 783 g/mol. The fourth-order valence-electron chi connectivity index (χ4n) is 8.45. The van der Waals surface area contributed by atoms with Crippen molar-refractivity contribution in [2.75, 3.05) is 0 Å². The van der Waals surface area contributed by atoms with Crippen molar-refractivity contribution in [2.45, 2.75) is 112 Å². The fourth-order valence-corrected chi connectivity index (χ4v) is 8.45. The molecule has 0 spiro atoms. The molecule has 0 amide bonds. The van der Waals surface area contributed by atoms with E-state index in [4.69, 9.17) is 4.98 Å². The number of aryl methyl sites for hydroxylation is 1. The molecule has 1 heterocycles. The van der Waals surface area contributed by atoms with E-state index in [2.05, 4.69) is 175 Å². The van der Waals surface area contributed by atoms with Gasteiger partial charge in [-0.05, 0) is 56.2 Å². The molecule has 50 heavy (non-hydrogen) atoms. The third-order valence-electron chi connectivity index (χ3n) is 14.3. The minimum absolute atomic E-state index is 0. The normalized spacial score (nSPS) is 19.3. The largest absolute Gasteiger partial charge is 3.00 e. The number of benzene rings is 4. The number of pyridine rings is 1. The molecule has 0 radical (unpaired) electrons. The zero-order valence-corrected chi connectivity index (χ0v) is 34.8. The summed E-state index contributed by atoms with van der Waals surface area (Å²) in [6.07, 6.45) is 2.00. The van der Waals surface area contributed by atoms with E-state index in [0.717, 1.165) is 22.4 Å². The Morgan fingerprint density at radius 2 is 0.980 bits per heavy atom. The zero-order valence-electron chi connectivity index (χ0n) is 32.4. The van der Waals surface area contributed by atoms with Gasteiger partial charge in [-0.25, -0.2) is 11.1 Å². The Balaban J connectivity index is 0.000000198. The SMILES string of the molecule is CC1(C)c2c[c-]c(-c3[c-]cccc3)cc2C(C)(C)C1(C)C.Cc1cc(-c2[c-]cc3c(c2)C(C)(C)C(C)(C)C3(C)C)ncc1-c1ccccc1.[Ir+3]. The van der Waals surface area contributed by atoms with E-state index in [9.17, 15) is 0 Å². The van der Waals surface area contributed by atoms with Crippen LogP contribution < -0.4 is 0 Å². The molecule has 0 N–H and O–H groups in total. The minimum atomic E-state index is 0. The van der Waals surface area contributed by atoms with Gasteiger partial charge in [-0.2, -0.15) is 42.5 Å². The summed E-state index contributed by atoms with van der Waals surface area (Å²) in [5.41, 5.74) is 14.6. The summed E-state index contributed by atoms with van der Waals surface area (Å²) in [5.74, 6) is 0. The van der Waals surface area contributed by atoms with Gasteiger partial charge in [0.2, 0.25) is 0 Å². The average Bonchev–Trinajstić information content (AvgIpc) is 3.25. The van der Waals surface area contributed by atoms with E-state index in [1.165, 1.54) is 38.9 Å². The number of aromatic nitrogens is 1. The molecule has 7 rings (SSSR count). The molecule has 0 unspecified atom stereocenters.